The Morgan fingerprint density at radius 2 is 1.88 bits per heavy atom. The van der Waals surface area contributed by atoms with E-state index in [4.69, 9.17) is 38.9 Å². The first-order valence-electron chi connectivity index (χ1n) is 10.8. The number of nitrogens with zero attached hydrogens (tertiary/aromatic N) is 3. The summed E-state index contributed by atoms with van der Waals surface area (Å²) in [6.45, 7) is 1.68. The molecule has 1 aromatic carbocycles. The number of unbranched alkanes of at least 4 members (excludes halogenated alkanes) is 1. The molecule has 3 aromatic rings. The van der Waals surface area contributed by atoms with Crippen LogP contribution in [0, 0.1) is 5.92 Å². The van der Waals surface area contributed by atoms with Gasteiger partial charge in [0.2, 0.25) is 0 Å². The van der Waals surface area contributed by atoms with Gasteiger partial charge in [-0.2, -0.15) is 0 Å². The van der Waals surface area contributed by atoms with Gasteiger partial charge in [0.15, 0.2) is 5.82 Å². The predicted octanol–water partition coefficient (Wildman–Crippen LogP) is 5.86. The van der Waals surface area contributed by atoms with Crippen molar-refractivity contribution in [1.29, 1.82) is 0 Å². The van der Waals surface area contributed by atoms with Crippen molar-refractivity contribution in [2.75, 3.05) is 29.5 Å². The van der Waals surface area contributed by atoms with Gasteiger partial charge >= 0.3 is 0 Å². The summed E-state index contributed by atoms with van der Waals surface area (Å²) in [5.74, 6) is 3.51. The van der Waals surface area contributed by atoms with Crippen LogP contribution in [0.2, 0.25) is 10.0 Å². The van der Waals surface area contributed by atoms with Crippen molar-refractivity contribution in [3.8, 4) is 11.4 Å². The van der Waals surface area contributed by atoms with Crippen LogP contribution in [0.5, 0.6) is 0 Å². The number of nitrogens with two attached hydrogens (primary N) is 1. The maximum absolute atomic E-state index is 6.44. The highest BCUT2D eigenvalue weighted by Gasteiger charge is 2.42. The summed E-state index contributed by atoms with van der Waals surface area (Å²) in [4.78, 5) is 14.0. The van der Waals surface area contributed by atoms with E-state index in [1.807, 2.05) is 24.3 Å². The van der Waals surface area contributed by atoms with E-state index in [-0.39, 0.29) is 0 Å². The lowest BCUT2D eigenvalue weighted by Gasteiger charge is -2.17. The zero-order chi connectivity index (χ0) is 22.1. The third-order valence-electron chi connectivity index (χ3n) is 5.85. The molecule has 2 aromatic heterocycles. The van der Waals surface area contributed by atoms with E-state index in [0.29, 0.717) is 33.4 Å². The van der Waals surface area contributed by atoms with E-state index in [9.17, 15) is 0 Å². The van der Waals surface area contributed by atoms with Crippen LogP contribution in [0.25, 0.3) is 17.5 Å². The molecular formula is C24H24Cl2N6. The molecule has 0 bridgehead atoms. The first-order chi connectivity index (χ1) is 15.6. The smallest absolute Gasteiger partial charge is 0.163 e. The fourth-order valence-electron chi connectivity index (χ4n) is 4.06. The number of allylic oxidation sites excluding steroid dienone is 1. The minimum absolute atomic E-state index is 0.519. The molecule has 1 saturated carbocycles. The van der Waals surface area contributed by atoms with E-state index in [1.54, 1.807) is 12.3 Å². The highest BCUT2D eigenvalue weighted by Crippen LogP contribution is 2.54. The number of halogens is 2. The Kier molecular flexibility index (Phi) is 5.89. The fourth-order valence-corrected chi connectivity index (χ4v) is 4.56. The van der Waals surface area contributed by atoms with Crippen LogP contribution in [-0.4, -0.2) is 28.0 Å². The summed E-state index contributed by atoms with van der Waals surface area (Å²) in [6.07, 6.45) is 9.21. The SMILES string of the molecule is Nc1ccc(NCCCCNc2nc(-c3ccc(Cl)cc3Cl)nc3c2C2CC2C=C3)nc1. The van der Waals surface area contributed by atoms with Crippen molar-refractivity contribution in [1.82, 2.24) is 15.0 Å². The van der Waals surface area contributed by atoms with Gasteiger partial charge in [-0.05, 0) is 67.5 Å². The second-order valence-corrected chi connectivity index (χ2v) is 9.07. The highest BCUT2D eigenvalue weighted by atomic mass is 35.5. The molecule has 4 N–H and O–H groups in total. The van der Waals surface area contributed by atoms with Gasteiger partial charge in [-0.1, -0.05) is 29.3 Å². The maximum atomic E-state index is 6.44. The van der Waals surface area contributed by atoms with Crippen molar-refractivity contribution in [3.63, 3.8) is 0 Å². The molecule has 0 spiro atoms. The number of fused-ring (bicyclic) bond motifs is 3. The number of anilines is 3. The molecule has 2 aliphatic carbocycles. The van der Waals surface area contributed by atoms with Gasteiger partial charge < -0.3 is 16.4 Å². The molecule has 2 unspecified atom stereocenters. The van der Waals surface area contributed by atoms with Crippen molar-refractivity contribution >= 4 is 46.6 Å². The Bertz CT molecular complexity index is 1160. The van der Waals surface area contributed by atoms with Gasteiger partial charge in [0.25, 0.3) is 0 Å². The zero-order valence-corrected chi connectivity index (χ0v) is 19.0. The van der Waals surface area contributed by atoms with Crippen LogP contribution in [0.4, 0.5) is 17.3 Å². The molecule has 32 heavy (non-hydrogen) atoms. The number of benzene rings is 1. The summed E-state index contributed by atoms with van der Waals surface area (Å²) in [5.41, 5.74) is 9.34. The number of hydrogen-bond donors (Lipinski definition) is 3. The molecule has 1 fully saturated rings. The van der Waals surface area contributed by atoms with E-state index < -0.39 is 0 Å². The summed E-state index contributed by atoms with van der Waals surface area (Å²) >= 11 is 12.5. The van der Waals surface area contributed by atoms with Gasteiger partial charge in [-0.15, -0.1) is 0 Å². The molecule has 5 rings (SSSR count). The van der Waals surface area contributed by atoms with Crippen molar-refractivity contribution in [3.05, 3.63) is 63.9 Å². The van der Waals surface area contributed by atoms with Gasteiger partial charge in [-0.25, -0.2) is 15.0 Å². The second kappa shape index (κ2) is 8.96. The molecule has 0 radical (unpaired) electrons. The molecule has 2 atom stereocenters. The lowest BCUT2D eigenvalue weighted by atomic mass is 10.0. The number of aromatic nitrogens is 3. The number of nitrogen functional groups attached to an aromatic ring is 1. The number of pyridine rings is 1. The summed E-state index contributed by atoms with van der Waals surface area (Å²) in [7, 11) is 0. The van der Waals surface area contributed by atoms with Gasteiger partial charge in [0.1, 0.15) is 11.6 Å². The quantitative estimate of drug-likeness (QED) is 0.360. The standard InChI is InChI=1S/C24H24Cl2N6/c25-15-4-6-17(19(26)12-15)23-31-20-7-3-14-11-18(14)22(20)24(32-23)29-10-2-1-9-28-21-8-5-16(27)13-30-21/h3-8,12-14,18H,1-2,9-11,27H2,(H,28,30)(H,29,31,32). The second-order valence-electron chi connectivity index (χ2n) is 8.22. The monoisotopic (exact) mass is 466 g/mol. The normalized spacial score (nSPS) is 18.1. The molecule has 6 nitrogen and oxygen atoms in total. The molecule has 0 saturated heterocycles. The van der Waals surface area contributed by atoms with Crippen molar-refractivity contribution < 1.29 is 0 Å². The van der Waals surface area contributed by atoms with Crippen LogP contribution in [0.15, 0.2) is 42.6 Å². The number of hydrogen-bond acceptors (Lipinski definition) is 6. The average Bonchev–Trinajstić information content (AvgIpc) is 3.57. The van der Waals surface area contributed by atoms with Crippen LogP contribution in [-0.2, 0) is 0 Å². The summed E-state index contributed by atoms with van der Waals surface area (Å²) in [6, 6.07) is 9.15. The maximum Gasteiger partial charge on any atom is 0.163 e. The topological polar surface area (TPSA) is 88.8 Å². The first kappa shape index (κ1) is 21.0. The van der Waals surface area contributed by atoms with Crippen LogP contribution in [0.1, 0.15) is 36.4 Å². The Labute approximate surface area is 197 Å². The van der Waals surface area contributed by atoms with Crippen molar-refractivity contribution in [2.24, 2.45) is 5.92 Å². The Balaban J connectivity index is 1.26. The van der Waals surface area contributed by atoms with E-state index in [2.05, 4.69) is 27.8 Å². The molecule has 2 heterocycles. The molecule has 8 heteroatoms. The van der Waals surface area contributed by atoms with Crippen molar-refractivity contribution in [2.45, 2.75) is 25.2 Å². The largest absolute Gasteiger partial charge is 0.397 e. The lowest BCUT2D eigenvalue weighted by Crippen LogP contribution is -2.12. The Hall–Kier alpha value is -2.83. The van der Waals surface area contributed by atoms with Crippen LogP contribution in [0.3, 0.4) is 0 Å². The number of nitrogens with one attached hydrogen (secondary N) is 2. The van der Waals surface area contributed by atoms with Crippen LogP contribution < -0.4 is 16.4 Å². The number of rotatable bonds is 8. The zero-order valence-electron chi connectivity index (χ0n) is 17.5. The fraction of sp³-hybridized carbons (Fsp3) is 0.292. The van der Waals surface area contributed by atoms with Gasteiger partial charge in [0.05, 0.1) is 22.6 Å². The Morgan fingerprint density at radius 1 is 1.03 bits per heavy atom. The predicted molar refractivity (Wildman–Crippen MR) is 132 cm³/mol. The van der Waals surface area contributed by atoms with Gasteiger partial charge in [-0.3, -0.25) is 0 Å². The lowest BCUT2D eigenvalue weighted by molar-refractivity contribution is 0.788. The van der Waals surface area contributed by atoms with Gasteiger partial charge in [0, 0.05) is 29.2 Å². The van der Waals surface area contributed by atoms with E-state index >= 15 is 0 Å². The molecular weight excluding hydrogens is 443 g/mol. The summed E-state index contributed by atoms with van der Waals surface area (Å²) in [5, 5.41) is 8.03. The summed E-state index contributed by atoms with van der Waals surface area (Å²) < 4.78 is 0. The third kappa shape index (κ3) is 4.52. The van der Waals surface area contributed by atoms with E-state index in [1.165, 1.54) is 12.0 Å². The first-order valence-corrected chi connectivity index (χ1v) is 11.6. The Morgan fingerprint density at radius 3 is 2.66 bits per heavy atom. The molecule has 2 aliphatic rings. The third-order valence-corrected chi connectivity index (χ3v) is 6.40. The highest BCUT2D eigenvalue weighted by molar-refractivity contribution is 6.36. The van der Waals surface area contributed by atoms with E-state index in [0.717, 1.165) is 48.8 Å². The average molecular weight is 467 g/mol. The van der Waals surface area contributed by atoms with Crippen LogP contribution >= 0.6 is 23.2 Å². The minimum Gasteiger partial charge on any atom is -0.397 e. The molecule has 164 valence electrons. The molecule has 0 aliphatic heterocycles. The molecule has 0 amide bonds. The minimum atomic E-state index is 0.519.